The molecule has 0 spiro atoms. The summed E-state index contributed by atoms with van der Waals surface area (Å²) in [6.45, 7) is 1.87. The molecule has 0 bridgehead atoms. The minimum atomic E-state index is -0.349. The Morgan fingerprint density at radius 1 is 1.33 bits per heavy atom. The van der Waals surface area contributed by atoms with Crippen LogP contribution in [0.1, 0.15) is 25.6 Å². The number of carbonyl (C=O) groups is 2. The van der Waals surface area contributed by atoms with E-state index in [1.54, 1.807) is 12.1 Å². The molecular formula is C14H12O3S. The summed E-state index contributed by atoms with van der Waals surface area (Å²) < 4.78 is 4.72. The molecule has 1 heterocycles. The zero-order valence-corrected chi connectivity index (χ0v) is 10.9. The maximum atomic E-state index is 11.5. The molecule has 2 rings (SSSR count). The SMILES string of the molecule is COC(=O)c1cc(-c2ccccc2C=O)sc1C. The van der Waals surface area contributed by atoms with E-state index in [9.17, 15) is 9.59 Å². The lowest BCUT2D eigenvalue weighted by molar-refractivity contribution is 0.0600. The predicted octanol–water partition coefficient (Wildman–Crippen LogP) is 3.32. The lowest BCUT2D eigenvalue weighted by Gasteiger charge is -2.00. The number of thiophene rings is 1. The summed E-state index contributed by atoms with van der Waals surface area (Å²) in [5, 5.41) is 0. The molecule has 0 saturated carbocycles. The van der Waals surface area contributed by atoms with Gasteiger partial charge in [-0.3, -0.25) is 4.79 Å². The topological polar surface area (TPSA) is 43.4 Å². The molecule has 0 radical (unpaired) electrons. The minimum absolute atomic E-state index is 0.349. The fourth-order valence-corrected chi connectivity index (χ4v) is 2.81. The van der Waals surface area contributed by atoms with Crippen molar-refractivity contribution in [3.8, 4) is 10.4 Å². The third-order valence-electron chi connectivity index (χ3n) is 2.68. The maximum Gasteiger partial charge on any atom is 0.338 e. The number of carbonyl (C=O) groups excluding carboxylic acids is 2. The molecule has 4 heteroatoms. The Morgan fingerprint density at radius 3 is 2.72 bits per heavy atom. The summed E-state index contributed by atoms with van der Waals surface area (Å²) in [4.78, 5) is 24.3. The van der Waals surface area contributed by atoms with Crippen LogP contribution in [0, 0.1) is 6.92 Å². The van der Waals surface area contributed by atoms with Gasteiger partial charge < -0.3 is 4.74 Å². The summed E-state index contributed by atoms with van der Waals surface area (Å²) in [7, 11) is 1.36. The van der Waals surface area contributed by atoms with Crippen LogP contribution in [0.15, 0.2) is 30.3 Å². The Bertz CT molecular complexity index is 599. The molecular weight excluding hydrogens is 248 g/mol. The van der Waals surface area contributed by atoms with Crippen molar-refractivity contribution >= 4 is 23.6 Å². The Balaban J connectivity index is 2.52. The van der Waals surface area contributed by atoms with Crippen LogP contribution in [0.2, 0.25) is 0 Å². The largest absolute Gasteiger partial charge is 0.465 e. The summed E-state index contributed by atoms with van der Waals surface area (Å²) in [6, 6.07) is 9.09. The van der Waals surface area contributed by atoms with E-state index in [0.717, 1.165) is 21.6 Å². The highest BCUT2D eigenvalue weighted by Gasteiger charge is 2.15. The van der Waals surface area contributed by atoms with Gasteiger partial charge in [-0.05, 0) is 13.0 Å². The van der Waals surface area contributed by atoms with Gasteiger partial charge in [0.2, 0.25) is 0 Å². The van der Waals surface area contributed by atoms with Crippen LogP contribution in [-0.2, 0) is 4.74 Å². The highest BCUT2D eigenvalue weighted by Crippen LogP contribution is 2.33. The van der Waals surface area contributed by atoms with E-state index in [0.29, 0.717) is 11.1 Å². The van der Waals surface area contributed by atoms with Crippen molar-refractivity contribution in [2.75, 3.05) is 7.11 Å². The average Bonchev–Trinajstić information content (AvgIpc) is 2.79. The van der Waals surface area contributed by atoms with Crippen molar-refractivity contribution < 1.29 is 14.3 Å². The quantitative estimate of drug-likeness (QED) is 0.628. The van der Waals surface area contributed by atoms with E-state index >= 15 is 0 Å². The number of hydrogen-bond acceptors (Lipinski definition) is 4. The number of methoxy groups -OCH3 is 1. The molecule has 0 unspecified atom stereocenters. The van der Waals surface area contributed by atoms with Gasteiger partial charge in [-0.1, -0.05) is 24.3 Å². The number of ether oxygens (including phenoxy) is 1. The van der Waals surface area contributed by atoms with Crippen LogP contribution in [0.4, 0.5) is 0 Å². The number of aryl methyl sites for hydroxylation is 1. The Morgan fingerprint density at radius 2 is 2.06 bits per heavy atom. The highest BCUT2D eigenvalue weighted by atomic mass is 32.1. The van der Waals surface area contributed by atoms with Gasteiger partial charge in [0.1, 0.15) is 0 Å². The molecule has 0 N–H and O–H groups in total. The second-order valence-electron chi connectivity index (χ2n) is 3.78. The molecule has 92 valence electrons. The summed E-state index contributed by atoms with van der Waals surface area (Å²) in [5.41, 5.74) is 2.02. The molecule has 0 aliphatic rings. The number of aldehydes is 1. The molecule has 3 nitrogen and oxygen atoms in total. The Kier molecular flexibility index (Phi) is 3.58. The van der Waals surface area contributed by atoms with Crippen molar-refractivity contribution in [3.63, 3.8) is 0 Å². The second kappa shape index (κ2) is 5.14. The summed E-state index contributed by atoms with van der Waals surface area (Å²) >= 11 is 1.48. The summed E-state index contributed by atoms with van der Waals surface area (Å²) in [6.07, 6.45) is 0.822. The predicted molar refractivity (Wildman–Crippen MR) is 71.2 cm³/mol. The fourth-order valence-electron chi connectivity index (χ4n) is 1.75. The lowest BCUT2D eigenvalue weighted by Crippen LogP contribution is -2.00. The lowest BCUT2D eigenvalue weighted by atomic mass is 10.1. The van der Waals surface area contributed by atoms with Crippen LogP contribution in [-0.4, -0.2) is 19.4 Å². The summed E-state index contributed by atoms with van der Waals surface area (Å²) in [5.74, 6) is -0.349. The first-order chi connectivity index (χ1) is 8.67. The van der Waals surface area contributed by atoms with Gasteiger partial charge in [0.25, 0.3) is 0 Å². The van der Waals surface area contributed by atoms with E-state index in [2.05, 4.69) is 0 Å². The monoisotopic (exact) mass is 260 g/mol. The van der Waals surface area contributed by atoms with Gasteiger partial charge in [-0.15, -0.1) is 11.3 Å². The smallest absolute Gasteiger partial charge is 0.338 e. The van der Waals surface area contributed by atoms with Crippen LogP contribution < -0.4 is 0 Å². The molecule has 1 aromatic carbocycles. The van der Waals surface area contributed by atoms with Gasteiger partial charge in [-0.2, -0.15) is 0 Å². The third kappa shape index (κ3) is 2.19. The van der Waals surface area contributed by atoms with E-state index in [-0.39, 0.29) is 5.97 Å². The van der Waals surface area contributed by atoms with Gasteiger partial charge in [0.05, 0.1) is 12.7 Å². The first kappa shape index (κ1) is 12.5. The van der Waals surface area contributed by atoms with Gasteiger partial charge in [-0.25, -0.2) is 4.79 Å². The van der Waals surface area contributed by atoms with Crippen LogP contribution in [0.5, 0.6) is 0 Å². The fraction of sp³-hybridized carbons (Fsp3) is 0.143. The van der Waals surface area contributed by atoms with Crippen LogP contribution in [0.25, 0.3) is 10.4 Å². The van der Waals surface area contributed by atoms with Crippen molar-refractivity contribution in [1.82, 2.24) is 0 Å². The van der Waals surface area contributed by atoms with Crippen molar-refractivity contribution in [3.05, 3.63) is 46.3 Å². The third-order valence-corrected chi connectivity index (χ3v) is 3.76. The molecule has 0 aliphatic heterocycles. The minimum Gasteiger partial charge on any atom is -0.465 e. The molecule has 0 amide bonds. The first-order valence-corrected chi connectivity index (χ1v) is 6.22. The molecule has 0 atom stereocenters. The Hall–Kier alpha value is -1.94. The van der Waals surface area contributed by atoms with Crippen molar-refractivity contribution in [2.24, 2.45) is 0 Å². The zero-order valence-electron chi connectivity index (χ0n) is 10.1. The molecule has 0 aliphatic carbocycles. The standard InChI is InChI=1S/C14H12O3S/c1-9-12(14(16)17-2)7-13(18-9)11-6-4-3-5-10(11)8-15/h3-8H,1-2H3. The highest BCUT2D eigenvalue weighted by molar-refractivity contribution is 7.15. The van der Waals surface area contributed by atoms with Crippen LogP contribution >= 0.6 is 11.3 Å². The van der Waals surface area contributed by atoms with E-state index < -0.39 is 0 Å². The van der Waals surface area contributed by atoms with E-state index in [4.69, 9.17) is 4.74 Å². The zero-order chi connectivity index (χ0) is 13.1. The van der Waals surface area contributed by atoms with Crippen molar-refractivity contribution in [1.29, 1.82) is 0 Å². The molecule has 2 aromatic rings. The van der Waals surface area contributed by atoms with Crippen molar-refractivity contribution in [2.45, 2.75) is 6.92 Å². The molecule has 1 aromatic heterocycles. The van der Waals surface area contributed by atoms with Gasteiger partial charge in [0, 0.05) is 20.9 Å². The van der Waals surface area contributed by atoms with E-state index in [1.165, 1.54) is 18.4 Å². The first-order valence-electron chi connectivity index (χ1n) is 5.40. The second-order valence-corrected chi connectivity index (χ2v) is 5.03. The molecule has 18 heavy (non-hydrogen) atoms. The Labute approximate surface area is 109 Å². The van der Waals surface area contributed by atoms with Gasteiger partial charge >= 0.3 is 5.97 Å². The number of esters is 1. The number of rotatable bonds is 3. The average molecular weight is 260 g/mol. The maximum absolute atomic E-state index is 11.5. The van der Waals surface area contributed by atoms with Gasteiger partial charge in [0.15, 0.2) is 6.29 Å². The normalized spacial score (nSPS) is 10.1. The van der Waals surface area contributed by atoms with E-state index in [1.807, 2.05) is 25.1 Å². The number of hydrogen-bond donors (Lipinski definition) is 0. The van der Waals surface area contributed by atoms with Crippen LogP contribution in [0.3, 0.4) is 0 Å². The molecule has 0 fully saturated rings. The molecule has 0 saturated heterocycles. The number of benzene rings is 1.